The quantitative estimate of drug-likeness (QED) is 0.922. The SMILES string of the molecule is Cc1nc(=O)n(Cc2ccsc2)c(C)c1CC(=O)O. The zero-order valence-electron chi connectivity index (χ0n) is 10.7. The Hall–Kier alpha value is -1.95. The Kier molecular flexibility index (Phi) is 3.80. The molecule has 0 spiro atoms. The summed E-state index contributed by atoms with van der Waals surface area (Å²) in [6.07, 6.45) is -0.116. The molecule has 0 fully saturated rings. The standard InChI is InChI=1S/C13H14N2O3S/c1-8-11(5-12(16)17)9(2)15(13(18)14-8)6-10-3-4-19-7-10/h3-4,7H,5-6H2,1-2H3,(H,16,17). The highest BCUT2D eigenvalue weighted by atomic mass is 32.1. The number of aliphatic carboxylic acids is 1. The Morgan fingerprint density at radius 1 is 1.47 bits per heavy atom. The molecule has 1 N–H and O–H groups in total. The van der Waals surface area contributed by atoms with Crippen LogP contribution in [-0.2, 0) is 17.8 Å². The highest BCUT2D eigenvalue weighted by Gasteiger charge is 2.14. The molecule has 0 amide bonds. The molecule has 19 heavy (non-hydrogen) atoms. The highest BCUT2D eigenvalue weighted by Crippen LogP contribution is 2.13. The van der Waals surface area contributed by atoms with Crippen molar-refractivity contribution in [3.63, 3.8) is 0 Å². The van der Waals surface area contributed by atoms with E-state index in [1.165, 1.54) is 4.57 Å². The summed E-state index contributed by atoms with van der Waals surface area (Å²) in [5.41, 5.74) is 2.46. The first kappa shape index (κ1) is 13.5. The van der Waals surface area contributed by atoms with Gasteiger partial charge in [-0.1, -0.05) is 0 Å². The fourth-order valence-electron chi connectivity index (χ4n) is 2.00. The van der Waals surface area contributed by atoms with E-state index in [0.29, 0.717) is 23.5 Å². The molecule has 0 atom stereocenters. The van der Waals surface area contributed by atoms with Gasteiger partial charge in [-0.2, -0.15) is 16.3 Å². The van der Waals surface area contributed by atoms with Crippen molar-refractivity contribution in [1.82, 2.24) is 9.55 Å². The summed E-state index contributed by atoms with van der Waals surface area (Å²) in [5.74, 6) is -0.922. The Balaban J connectivity index is 2.48. The van der Waals surface area contributed by atoms with Crippen molar-refractivity contribution in [3.8, 4) is 0 Å². The lowest BCUT2D eigenvalue weighted by Crippen LogP contribution is -2.28. The second-order valence-electron chi connectivity index (χ2n) is 4.33. The van der Waals surface area contributed by atoms with Gasteiger partial charge in [-0.3, -0.25) is 9.36 Å². The molecule has 0 radical (unpaired) electrons. The van der Waals surface area contributed by atoms with Gasteiger partial charge in [0, 0.05) is 17.0 Å². The number of nitrogens with zero attached hydrogens (tertiary/aromatic N) is 2. The number of aromatic nitrogens is 2. The van der Waals surface area contributed by atoms with Gasteiger partial charge in [-0.15, -0.1) is 0 Å². The van der Waals surface area contributed by atoms with Crippen molar-refractivity contribution in [1.29, 1.82) is 0 Å². The summed E-state index contributed by atoms with van der Waals surface area (Å²) in [6.45, 7) is 3.86. The zero-order valence-corrected chi connectivity index (χ0v) is 11.5. The van der Waals surface area contributed by atoms with Gasteiger partial charge in [-0.25, -0.2) is 4.79 Å². The summed E-state index contributed by atoms with van der Waals surface area (Å²) < 4.78 is 1.52. The molecule has 0 bridgehead atoms. The third-order valence-corrected chi connectivity index (χ3v) is 3.75. The van der Waals surface area contributed by atoms with Crippen LogP contribution in [0.1, 0.15) is 22.5 Å². The van der Waals surface area contributed by atoms with Crippen LogP contribution in [0.5, 0.6) is 0 Å². The molecule has 0 aliphatic rings. The van der Waals surface area contributed by atoms with Crippen LogP contribution in [0, 0.1) is 13.8 Å². The van der Waals surface area contributed by atoms with Gasteiger partial charge < -0.3 is 5.11 Å². The zero-order chi connectivity index (χ0) is 14.0. The molecule has 0 aliphatic carbocycles. The predicted octanol–water partition coefficient (Wildman–Crippen LogP) is 1.60. The normalized spacial score (nSPS) is 10.6. The minimum atomic E-state index is -0.922. The molecule has 0 aliphatic heterocycles. The molecule has 0 aromatic carbocycles. The summed E-state index contributed by atoms with van der Waals surface area (Å²) in [5, 5.41) is 12.8. The van der Waals surface area contributed by atoms with E-state index in [-0.39, 0.29) is 12.1 Å². The molecule has 6 heteroatoms. The lowest BCUT2D eigenvalue weighted by molar-refractivity contribution is -0.136. The lowest BCUT2D eigenvalue weighted by Gasteiger charge is -2.13. The Morgan fingerprint density at radius 3 is 2.79 bits per heavy atom. The van der Waals surface area contributed by atoms with E-state index in [0.717, 1.165) is 5.56 Å². The maximum Gasteiger partial charge on any atom is 0.348 e. The van der Waals surface area contributed by atoms with Crippen molar-refractivity contribution in [3.05, 3.63) is 49.8 Å². The fraction of sp³-hybridized carbons (Fsp3) is 0.308. The van der Waals surface area contributed by atoms with Crippen LogP contribution in [0.25, 0.3) is 0 Å². The third-order valence-electron chi connectivity index (χ3n) is 3.02. The summed E-state index contributed by atoms with van der Waals surface area (Å²) in [4.78, 5) is 26.7. The van der Waals surface area contributed by atoms with E-state index in [4.69, 9.17) is 5.11 Å². The van der Waals surface area contributed by atoms with Crippen LogP contribution in [0.15, 0.2) is 21.6 Å². The first-order valence-electron chi connectivity index (χ1n) is 5.79. The maximum absolute atomic E-state index is 11.9. The molecule has 2 heterocycles. The number of aryl methyl sites for hydroxylation is 1. The Morgan fingerprint density at radius 2 is 2.21 bits per heavy atom. The van der Waals surface area contributed by atoms with Crippen molar-refractivity contribution in [2.75, 3.05) is 0 Å². The number of carbonyl (C=O) groups is 1. The number of carboxylic acid groups (broad SMARTS) is 1. The number of carboxylic acids is 1. The predicted molar refractivity (Wildman–Crippen MR) is 72.7 cm³/mol. The molecule has 0 unspecified atom stereocenters. The maximum atomic E-state index is 11.9. The van der Waals surface area contributed by atoms with Gasteiger partial charge in [0.05, 0.1) is 13.0 Å². The number of thiophene rings is 1. The second-order valence-corrected chi connectivity index (χ2v) is 5.11. The fourth-order valence-corrected chi connectivity index (χ4v) is 2.66. The van der Waals surface area contributed by atoms with Gasteiger partial charge in [-0.05, 0) is 36.2 Å². The minimum Gasteiger partial charge on any atom is -0.481 e. The monoisotopic (exact) mass is 278 g/mol. The third kappa shape index (κ3) is 2.90. The van der Waals surface area contributed by atoms with Crippen molar-refractivity contribution in [2.45, 2.75) is 26.8 Å². The first-order chi connectivity index (χ1) is 8.99. The van der Waals surface area contributed by atoms with Crippen LogP contribution in [0.4, 0.5) is 0 Å². The summed E-state index contributed by atoms with van der Waals surface area (Å²) in [7, 11) is 0. The van der Waals surface area contributed by atoms with Crippen LogP contribution in [0.2, 0.25) is 0 Å². The van der Waals surface area contributed by atoms with E-state index in [2.05, 4.69) is 4.98 Å². The van der Waals surface area contributed by atoms with Crippen LogP contribution < -0.4 is 5.69 Å². The molecule has 2 aromatic heterocycles. The van der Waals surface area contributed by atoms with E-state index in [1.807, 2.05) is 16.8 Å². The molecule has 5 nitrogen and oxygen atoms in total. The Bertz CT molecular complexity index is 659. The van der Waals surface area contributed by atoms with E-state index < -0.39 is 5.97 Å². The van der Waals surface area contributed by atoms with Crippen molar-refractivity contribution >= 4 is 17.3 Å². The molecule has 2 rings (SSSR count). The van der Waals surface area contributed by atoms with Crippen molar-refractivity contribution in [2.24, 2.45) is 0 Å². The molecular weight excluding hydrogens is 264 g/mol. The second kappa shape index (κ2) is 5.36. The van der Waals surface area contributed by atoms with Crippen LogP contribution in [-0.4, -0.2) is 20.6 Å². The van der Waals surface area contributed by atoms with E-state index in [1.54, 1.807) is 25.2 Å². The highest BCUT2D eigenvalue weighted by molar-refractivity contribution is 7.07. The largest absolute Gasteiger partial charge is 0.481 e. The van der Waals surface area contributed by atoms with E-state index >= 15 is 0 Å². The molecule has 0 saturated carbocycles. The van der Waals surface area contributed by atoms with Crippen LogP contribution >= 0.6 is 11.3 Å². The number of hydrogen-bond donors (Lipinski definition) is 1. The van der Waals surface area contributed by atoms with Crippen LogP contribution in [0.3, 0.4) is 0 Å². The molecule has 0 saturated heterocycles. The number of rotatable bonds is 4. The minimum absolute atomic E-state index is 0.116. The van der Waals surface area contributed by atoms with Gasteiger partial charge in [0.2, 0.25) is 0 Å². The van der Waals surface area contributed by atoms with Gasteiger partial charge in [0.15, 0.2) is 0 Å². The summed E-state index contributed by atoms with van der Waals surface area (Å²) >= 11 is 1.56. The first-order valence-corrected chi connectivity index (χ1v) is 6.73. The smallest absolute Gasteiger partial charge is 0.348 e. The van der Waals surface area contributed by atoms with Gasteiger partial charge >= 0.3 is 11.7 Å². The Labute approximate surface area is 114 Å². The average Bonchev–Trinajstić information content (AvgIpc) is 2.82. The van der Waals surface area contributed by atoms with Gasteiger partial charge in [0.1, 0.15) is 0 Å². The van der Waals surface area contributed by atoms with Crippen molar-refractivity contribution < 1.29 is 9.90 Å². The summed E-state index contributed by atoms with van der Waals surface area (Å²) in [6, 6.07) is 1.94. The molecular formula is C13H14N2O3S. The average molecular weight is 278 g/mol. The van der Waals surface area contributed by atoms with Gasteiger partial charge in [0.25, 0.3) is 0 Å². The molecule has 100 valence electrons. The number of hydrogen-bond acceptors (Lipinski definition) is 4. The topological polar surface area (TPSA) is 72.2 Å². The lowest BCUT2D eigenvalue weighted by atomic mass is 10.1. The van der Waals surface area contributed by atoms with E-state index in [9.17, 15) is 9.59 Å². The molecule has 2 aromatic rings.